The largest absolute Gasteiger partial charge is 0.489 e. The van der Waals surface area contributed by atoms with Crippen molar-refractivity contribution in [2.45, 2.75) is 6.61 Å². The van der Waals surface area contributed by atoms with E-state index in [1.807, 2.05) is 18.2 Å². The number of ether oxygens (including phenoxy) is 1. The van der Waals surface area contributed by atoms with Gasteiger partial charge in [-0.25, -0.2) is 0 Å². The molecule has 0 N–H and O–H groups in total. The number of nitriles is 2. The summed E-state index contributed by atoms with van der Waals surface area (Å²) in [5.41, 5.74) is 2.77. The van der Waals surface area contributed by atoms with Crippen LogP contribution in [0.1, 0.15) is 27.0 Å². The molecule has 0 spiro atoms. The van der Waals surface area contributed by atoms with E-state index in [0.717, 1.165) is 5.56 Å². The van der Waals surface area contributed by atoms with E-state index >= 15 is 0 Å². The van der Waals surface area contributed by atoms with E-state index in [-0.39, 0.29) is 11.4 Å². The zero-order valence-electron chi connectivity index (χ0n) is 14.3. The molecule has 3 aromatic rings. The van der Waals surface area contributed by atoms with Gasteiger partial charge in [0.05, 0.1) is 11.6 Å². The lowest BCUT2D eigenvalue weighted by atomic mass is 10.0. The zero-order chi connectivity index (χ0) is 19.1. The first-order valence-corrected chi connectivity index (χ1v) is 9.04. The van der Waals surface area contributed by atoms with Gasteiger partial charge in [0.1, 0.15) is 24.0 Å². The smallest absolute Gasteiger partial charge is 0.204 e. The fourth-order valence-corrected chi connectivity index (χ4v) is 3.09. The van der Waals surface area contributed by atoms with Crippen molar-refractivity contribution in [2.75, 3.05) is 0 Å². The molecule has 0 aliphatic rings. The van der Waals surface area contributed by atoms with Gasteiger partial charge in [-0.15, -0.1) is 0 Å². The molecular formula is C22H14N2O2S. The Kier molecular flexibility index (Phi) is 5.79. The molecule has 130 valence electrons. The normalized spacial score (nSPS) is 10.7. The molecule has 4 nitrogen and oxygen atoms in total. The maximum Gasteiger partial charge on any atom is 0.204 e. The van der Waals surface area contributed by atoms with Crippen molar-refractivity contribution < 1.29 is 9.53 Å². The van der Waals surface area contributed by atoms with Gasteiger partial charge in [0, 0.05) is 10.9 Å². The van der Waals surface area contributed by atoms with E-state index in [9.17, 15) is 10.1 Å². The van der Waals surface area contributed by atoms with Gasteiger partial charge in [-0.2, -0.15) is 21.9 Å². The topological polar surface area (TPSA) is 73.9 Å². The van der Waals surface area contributed by atoms with Crippen molar-refractivity contribution in [1.29, 1.82) is 10.5 Å². The Bertz CT molecular complexity index is 1070. The Hall–Kier alpha value is -3.67. The summed E-state index contributed by atoms with van der Waals surface area (Å²) in [7, 11) is 0. The van der Waals surface area contributed by atoms with Gasteiger partial charge in [-0.1, -0.05) is 24.3 Å². The Morgan fingerprint density at radius 3 is 2.70 bits per heavy atom. The van der Waals surface area contributed by atoms with Crippen LogP contribution in [0.3, 0.4) is 0 Å². The summed E-state index contributed by atoms with van der Waals surface area (Å²) in [4.78, 5) is 12.4. The summed E-state index contributed by atoms with van der Waals surface area (Å²) >= 11 is 1.41. The molecule has 0 radical (unpaired) electrons. The molecule has 0 bridgehead atoms. The van der Waals surface area contributed by atoms with Crippen LogP contribution in [0, 0.1) is 22.7 Å². The van der Waals surface area contributed by atoms with E-state index in [1.54, 1.807) is 59.3 Å². The van der Waals surface area contributed by atoms with E-state index < -0.39 is 0 Å². The van der Waals surface area contributed by atoms with E-state index in [0.29, 0.717) is 29.0 Å². The monoisotopic (exact) mass is 370 g/mol. The van der Waals surface area contributed by atoms with E-state index in [4.69, 9.17) is 10.00 Å². The number of hydrogen-bond acceptors (Lipinski definition) is 5. The van der Waals surface area contributed by atoms with Gasteiger partial charge in [0.2, 0.25) is 5.78 Å². The molecule has 5 heteroatoms. The van der Waals surface area contributed by atoms with Crippen molar-refractivity contribution in [2.24, 2.45) is 0 Å². The second kappa shape index (κ2) is 8.62. The second-order valence-corrected chi connectivity index (χ2v) is 6.46. The third-order valence-electron chi connectivity index (χ3n) is 3.78. The highest BCUT2D eigenvalue weighted by atomic mass is 32.1. The molecule has 1 aromatic heterocycles. The number of ketones is 1. The average Bonchev–Trinajstić information content (AvgIpc) is 3.25. The molecule has 2 aromatic carbocycles. The quantitative estimate of drug-likeness (QED) is 0.348. The number of hydrogen-bond donors (Lipinski definition) is 0. The number of rotatable bonds is 6. The fraction of sp³-hybridized carbons (Fsp3) is 0.0455. The minimum atomic E-state index is -0.293. The van der Waals surface area contributed by atoms with Crippen molar-refractivity contribution in [3.8, 4) is 17.9 Å². The minimum absolute atomic E-state index is 0.0762. The van der Waals surface area contributed by atoms with E-state index in [1.165, 1.54) is 11.3 Å². The lowest BCUT2D eigenvalue weighted by Crippen LogP contribution is -2.00. The highest BCUT2D eigenvalue weighted by Crippen LogP contribution is 2.19. The van der Waals surface area contributed by atoms with Crippen LogP contribution >= 0.6 is 11.3 Å². The SMILES string of the molecule is N#CC(=Cc1cccc(OCc2cccc(C#N)c2)c1)C(=O)c1ccsc1. The molecular weight excluding hydrogens is 356 g/mol. The first-order chi connectivity index (χ1) is 13.2. The van der Waals surface area contributed by atoms with Gasteiger partial charge < -0.3 is 4.74 Å². The van der Waals surface area contributed by atoms with Crippen LogP contribution in [-0.2, 0) is 6.61 Å². The maximum atomic E-state index is 12.4. The molecule has 0 saturated heterocycles. The van der Waals surface area contributed by atoms with Crippen molar-refractivity contribution in [3.05, 3.63) is 93.2 Å². The summed E-state index contributed by atoms with van der Waals surface area (Å²) in [6.07, 6.45) is 1.56. The number of benzene rings is 2. The van der Waals surface area contributed by atoms with Crippen LogP contribution in [0.25, 0.3) is 6.08 Å². The molecule has 0 aliphatic carbocycles. The zero-order valence-corrected chi connectivity index (χ0v) is 15.1. The van der Waals surface area contributed by atoms with Gasteiger partial charge in [0.25, 0.3) is 0 Å². The number of carbonyl (C=O) groups is 1. The average molecular weight is 370 g/mol. The molecule has 1 heterocycles. The molecule has 0 saturated carbocycles. The molecule has 0 atom stereocenters. The standard InChI is InChI=1S/C22H14N2O2S/c23-12-17-4-1-5-18(9-17)14-26-21-6-2-3-16(11-21)10-20(13-24)22(25)19-7-8-27-15-19/h1-11,15H,14H2. The summed E-state index contributed by atoms with van der Waals surface area (Å²) in [5, 5.41) is 21.8. The Labute approximate surface area is 161 Å². The maximum absolute atomic E-state index is 12.4. The number of nitrogens with zero attached hydrogens (tertiary/aromatic N) is 2. The highest BCUT2D eigenvalue weighted by Gasteiger charge is 2.12. The number of thiophene rings is 1. The van der Waals surface area contributed by atoms with Crippen LogP contribution in [0.4, 0.5) is 0 Å². The van der Waals surface area contributed by atoms with Crippen LogP contribution in [0.5, 0.6) is 5.75 Å². The molecule has 0 aliphatic heterocycles. The molecule has 27 heavy (non-hydrogen) atoms. The predicted molar refractivity (Wildman–Crippen MR) is 104 cm³/mol. The van der Waals surface area contributed by atoms with Gasteiger partial charge in [0.15, 0.2) is 0 Å². The van der Waals surface area contributed by atoms with Crippen LogP contribution in [0.2, 0.25) is 0 Å². The van der Waals surface area contributed by atoms with Crippen LogP contribution < -0.4 is 4.74 Å². The first kappa shape index (κ1) is 18.1. The second-order valence-electron chi connectivity index (χ2n) is 5.68. The Morgan fingerprint density at radius 2 is 1.96 bits per heavy atom. The van der Waals surface area contributed by atoms with Crippen molar-refractivity contribution in [3.63, 3.8) is 0 Å². The van der Waals surface area contributed by atoms with Crippen LogP contribution in [0.15, 0.2) is 70.9 Å². The van der Waals surface area contributed by atoms with Gasteiger partial charge >= 0.3 is 0 Å². The molecule has 0 fully saturated rings. The third kappa shape index (κ3) is 4.70. The third-order valence-corrected chi connectivity index (χ3v) is 4.46. The minimum Gasteiger partial charge on any atom is -0.489 e. The summed E-state index contributed by atoms with van der Waals surface area (Å²) in [5.74, 6) is 0.324. The van der Waals surface area contributed by atoms with Crippen molar-refractivity contribution in [1.82, 2.24) is 0 Å². The summed E-state index contributed by atoms with van der Waals surface area (Å²) in [6, 6.07) is 20.2. The number of carbonyl (C=O) groups excluding carboxylic acids is 1. The molecule has 3 rings (SSSR count). The van der Waals surface area contributed by atoms with Crippen LogP contribution in [-0.4, -0.2) is 5.78 Å². The number of allylic oxidation sites excluding steroid dienone is 1. The Balaban J connectivity index is 1.75. The molecule has 0 unspecified atom stereocenters. The fourth-order valence-electron chi connectivity index (χ4n) is 2.46. The summed E-state index contributed by atoms with van der Waals surface area (Å²) in [6.45, 7) is 0.321. The van der Waals surface area contributed by atoms with Gasteiger partial charge in [-0.05, 0) is 52.9 Å². The lowest BCUT2D eigenvalue weighted by Gasteiger charge is -2.07. The highest BCUT2D eigenvalue weighted by molar-refractivity contribution is 7.08. The first-order valence-electron chi connectivity index (χ1n) is 8.10. The van der Waals surface area contributed by atoms with Crippen molar-refractivity contribution >= 4 is 23.2 Å². The number of Topliss-reactive ketones (excluding diaryl/α,β-unsaturated/α-hetero) is 1. The van der Waals surface area contributed by atoms with Gasteiger partial charge in [-0.3, -0.25) is 4.79 Å². The summed E-state index contributed by atoms with van der Waals surface area (Å²) < 4.78 is 5.78. The predicted octanol–water partition coefficient (Wildman–Crippen LogP) is 4.99. The lowest BCUT2D eigenvalue weighted by molar-refractivity contribution is 0.104. The molecule has 0 amide bonds. The van der Waals surface area contributed by atoms with E-state index in [2.05, 4.69) is 6.07 Å². The Morgan fingerprint density at radius 1 is 1.11 bits per heavy atom.